The number of ether oxygens (including phenoxy) is 1. The van der Waals surface area contributed by atoms with Crippen LogP contribution in [0, 0.1) is 5.82 Å². The Kier molecular flexibility index (Phi) is 7.25. The van der Waals surface area contributed by atoms with Gasteiger partial charge in [-0.25, -0.2) is 9.07 Å². The van der Waals surface area contributed by atoms with Crippen LogP contribution in [-0.2, 0) is 6.42 Å². The van der Waals surface area contributed by atoms with Gasteiger partial charge in [0.1, 0.15) is 11.6 Å². The van der Waals surface area contributed by atoms with Crippen LogP contribution in [0.25, 0.3) is 5.69 Å². The summed E-state index contributed by atoms with van der Waals surface area (Å²) < 4.78 is 20.4. The first-order chi connectivity index (χ1) is 16.5. The molecule has 2 amide bonds. The van der Waals surface area contributed by atoms with Gasteiger partial charge in [0.2, 0.25) is 0 Å². The van der Waals surface area contributed by atoms with Gasteiger partial charge in [-0.1, -0.05) is 6.92 Å². The summed E-state index contributed by atoms with van der Waals surface area (Å²) in [6, 6.07) is 13.2. The normalized spacial score (nSPS) is 14.1. The van der Waals surface area contributed by atoms with Crippen LogP contribution in [0.3, 0.4) is 0 Å². The molecule has 1 saturated heterocycles. The number of carbonyl (C=O) groups is 2. The number of nitrogens with zero attached hydrogens (tertiary/aromatic N) is 3. The Morgan fingerprint density at radius 3 is 2.35 bits per heavy atom. The van der Waals surface area contributed by atoms with Gasteiger partial charge in [0.15, 0.2) is 0 Å². The van der Waals surface area contributed by atoms with E-state index in [1.54, 1.807) is 47.3 Å². The van der Waals surface area contributed by atoms with Crippen LogP contribution in [0.5, 0.6) is 5.75 Å². The molecule has 2 aromatic carbocycles. The highest BCUT2D eigenvalue weighted by atomic mass is 19.1. The van der Waals surface area contributed by atoms with E-state index in [0.717, 1.165) is 11.4 Å². The Labute approximate surface area is 198 Å². The lowest BCUT2D eigenvalue weighted by atomic mass is 10.0. The van der Waals surface area contributed by atoms with Crippen LogP contribution in [0.15, 0.2) is 54.7 Å². The molecule has 8 heteroatoms. The van der Waals surface area contributed by atoms with Crippen LogP contribution >= 0.6 is 0 Å². The summed E-state index contributed by atoms with van der Waals surface area (Å²) in [5.74, 6) is 0.233. The molecular weight excluding hydrogens is 435 g/mol. The molecule has 3 aromatic rings. The van der Waals surface area contributed by atoms with Crippen molar-refractivity contribution in [2.24, 2.45) is 0 Å². The minimum Gasteiger partial charge on any atom is -0.494 e. The molecule has 4 rings (SSSR count). The van der Waals surface area contributed by atoms with E-state index in [1.807, 2.05) is 18.7 Å². The Balaban J connectivity index is 1.35. The molecule has 0 saturated carbocycles. The smallest absolute Gasteiger partial charge is 0.254 e. The predicted molar refractivity (Wildman–Crippen MR) is 127 cm³/mol. The van der Waals surface area contributed by atoms with E-state index in [-0.39, 0.29) is 23.7 Å². The monoisotopic (exact) mass is 464 g/mol. The summed E-state index contributed by atoms with van der Waals surface area (Å²) in [4.78, 5) is 27.6. The zero-order chi connectivity index (χ0) is 24.1. The number of nitrogens with one attached hydrogen (secondary N) is 1. The second kappa shape index (κ2) is 10.5. The molecule has 178 valence electrons. The number of aromatic nitrogens is 2. The summed E-state index contributed by atoms with van der Waals surface area (Å²) in [6.45, 7) is 5.61. The first kappa shape index (κ1) is 23.5. The second-order valence-corrected chi connectivity index (χ2v) is 8.24. The lowest BCUT2D eigenvalue weighted by Crippen LogP contribution is -2.46. The number of carbonyl (C=O) groups excluding carboxylic acids is 2. The van der Waals surface area contributed by atoms with Crippen molar-refractivity contribution in [2.75, 3.05) is 19.7 Å². The van der Waals surface area contributed by atoms with Gasteiger partial charge >= 0.3 is 0 Å². The quantitative estimate of drug-likeness (QED) is 0.573. The molecule has 0 unspecified atom stereocenters. The average molecular weight is 465 g/mol. The molecule has 0 bridgehead atoms. The zero-order valence-electron chi connectivity index (χ0n) is 19.5. The van der Waals surface area contributed by atoms with Gasteiger partial charge < -0.3 is 15.0 Å². The Morgan fingerprint density at radius 1 is 1.06 bits per heavy atom. The van der Waals surface area contributed by atoms with Gasteiger partial charge in [-0.15, -0.1) is 0 Å². The van der Waals surface area contributed by atoms with Crippen molar-refractivity contribution in [3.63, 3.8) is 0 Å². The number of hydrogen-bond acceptors (Lipinski definition) is 4. The fraction of sp³-hybridized carbons (Fsp3) is 0.346. The number of hydrogen-bond donors (Lipinski definition) is 1. The maximum absolute atomic E-state index is 13.3. The zero-order valence-corrected chi connectivity index (χ0v) is 19.5. The Bertz CT molecular complexity index is 1130. The Morgan fingerprint density at radius 2 is 1.74 bits per heavy atom. The summed E-state index contributed by atoms with van der Waals surface area (Å²) in [6.07, 6.45) is 3.53. The SMILES string of the molecule is CCOc1ccc(C(=O)N2CCC(NC(=O)c3cnn(-c4ccc(F)cc4)c3CC)CC2)cc1. The highest BCUT2D eigenvalue weighted by molar-refractivity contribution is 5.96. The minimum atomic E-state index is -0.320. The van der Waals surface area contributed by atoms with Gasteiger partial charge in [-0.05, 0) is 74.7 Å². The molecule has 2 heterocycles. The van der Waals surface area contributed by atoms with Crippen molar-refractivity contribution in [2.45, 2.75) is 39.2 Å². The van der Waals surface area contributed by atoms with E-state index in [2.05, 4.69) is 10.4 Å². The maximum atomic E-state index is 13.3. The fourth-order valence-electron chi connectivity index (χ4n) is 4.24. The third-order valence-corrected chi connectivity index (χ3v) is 6.05. The van der Waals surface area contributed by atoms with Crippen LogP contribution in [0.4, 0.5) is 4.39 Å². The highest BCUT2D eigenvalue weighted by Gasteiger charge is 2.26. The topological polar surface area (TPSA) is 76.5 Å². The number of benzene rings is 2. The molecular formula is C26H29FN4O3. The predicted octanol–water partition coefficient (Wildman–Crippen LogP) is 4.01. The van der Waals surface area contributed by atoms with Gasteiger partial charge in [0.25, 0.3) is 11.8 Å². The number of rotatable bonds is 7. The lowest BCUT2D eigenvalue weighted by molar-refractivity contribution is 0.0698. The summed E-state index contributed by atoms with van der Waals surface area (Å²) >= 11 is 0. The molecule has 1 N–H and O–H groups in total. The first-order valence-electron chi connectivity index (χ1n) is 11.7. The van der Waals surface area contributed by atoms with E-state index in [9.17, 15) is 14.0 Å². The number of amides is 2. The first-order valence-corrected chi connectivity index (χ1v) is 11.7. The van der Waals surface area contributed by atoms with Crippen LogP contribution in [-0.4, -0.2) is 52.2 Å². The summed E-state index contributed by atoms with van der Waals surface area (Å²) in [7, 11) is 0. The van der Waals surface area contributed by atoms with Gasteiger partial charge in [0, 0.05) is 24.7 Å². The van der Waals surface area contributed by atoms with Crippen molar-refractivity contribution < 1.29 is 18.7 Å². The molecule has 1 aromatic heterocycles. The van der Waals surface area contributed by atoms with E-state index < -0.39 is 0 Å². The molecule has 34 heavy (non-hydrogen) atoms. The maximum Gasteiger partial charge on any atom is 0.254 e. The van der Waals surface area contributed by atoms with Gasteiger partial charge in [-0.3, -0.25) is 9.59 Å². The number of likely N-dealkylation sites (tertiary alicyclic amines) is 1. The van der Waals surface area contributed by atoms with Crippen molar-refractivity contribution in [3.8, 4) is 11.4 Å². The fourth-order valence-corrected chi connectivity index (χ4v) is 4.24. The molecule has 1 aliphatic heterocycles. The van der Waals surface area contributed by atoms with Crippen molar-refractivity contribution in [3.05, 3.63) is 77.4 Å². The minimum absolute atomic E-state index is 0.0123. The van der Waals surface area contributed by atoms with Gasteiger partial charge in [0.05, 0.1) is 29.7 Å². The molecule has 1 fully saturated rings. The number of piperidine rings is 1. The standard InChI is InChI=1S/C26H29FN4O3/c1-3-24-23(17-28-31(24)21-9-7-19(27)8-10-21)25(32)29-20-13-15-30(16-14-20)26(33)18-5-11-22(12-6-18)34-4-2/h5-12,17,20H,3-4,13-16H2,1-2H3,(H,29,32). The van der Waals surface area contributed by atoms with E-state index in [4.69, 9.17) is 4.74 Å². The molecule has 0 atom stereocenters. The van der Waals surface area contributed by atoms with Crippen molar-refractivity contribution in [1.82, 2.24) is 20.0 Å². The lowest BCUT2D eigenvalue weighted by Gasteiger charge is -2.32. The highest BCUT2D eigenvalue weighted by Crippen LogP contribution is 2.19. The third kappa shape index (κ3) is 5.11. The summed E-state index contributed by atoms with van der Waals surface area (Å²) in [5.41, 5.74) is 2.62. The summed E-state index contributed by atoms with van der Waals surface area (Å²) in [5, 5.41) is 7.46. The largest absolute Gasteiger partial charge is 0.494 e. The van der Waals surface area contributed by atoms with Crippen LogP contribution in [0.1, 0.15) is 53.1 Å². The van der Waals surface area contributed by atoms with Crippen molar-refractivity contribution in [1.29, 1.82) is 0 Å². The van der Waals surface area contributed by atoms with E-state index in [1.165, 1.54) is 12.1 Å². The van der Waals surface area contributed by atoms with E-state index in [0.29, 0.717) is 55.8 Å². The second-order valence-electron chi connectivity index (χ2n) is 8.24. The van der Waals surface area contributed by atoms with Crippen LogP contribution < -0.4 is 10.1 Å². The molecule has 1 aliphatic rings. The van der Waals surface area contributed by atoms with Gasteiger partial charge in [-0.2, -0.15) is 5.10 Å². The number of halogens is 1. The van der Waals surface area contributed by atoms with Crippen LogP contribution in [0.2, 0.25) is 0 Å². The molecule has 0 spiro atoms. The van der Waals surface area contributed by atoms with Crippen molar-refractivity contribution >= 4 is 11.8 Å². The molecule has 0 aliphatic carbocycles. The molecule has 0 radical (unpaired) electrons. The average Bonchev–Trinajstić information content (AvgIpc) is 3.29. The van der Waals surface area contributed by atoms with E-state index >= 15 is 0 Å². The Hall–Kier alpha value is -3.68. The third-order valence-electron chi connectivity index (χ3n) is 6.05. The molecule has 7 nitrogen and oxygen atoms in total.